The second-order valence-corrected chi connectivity index (χ2v) is 2.64. The summed E-state index contributed by atoms with van der Waals surface area (Å²) in [4.78, 5) is 6.78. The van der Waals surface area contributed by atoms with Gasteiger partial charge in [0.2, 0.25) is 0 Å². The molecule has 1 aromatic rings. The Morgan fingerprint density at radius 2 is 2.13 bits per heavy atom. The summed E-state index contributed by atoms with van der Waals surface area (Å²) in [5.74, 6) is 0.0797. The first kappa shape index (κ1) is 11.5. The molecule has 0 saturated carbocycles. The zero-order chi connectivity index (χ0) is 11.5. The molecule has 0 unspecified atom stereocenters. The molecule has 0 atom stereocenters. The van der Waals surface area contributed by atoms with Crippen LogP contribution < -0.4 is 0 Å². The van der Waals surface area contributed by atoms with Crippen LogP contribution in [0.5, 0.6) is 0 Å². The van der Waals surface area contributed by atoms with Crippen LogP contribution in [0.1, 0.15) is 18.3 Å². The number of ether oxygens (including phenoxy) is 1. The largest absolute Gasteiger partial charge is 0.492 e. The summed E-state index contributed by atoms with van der Waals surface area (Å²) in [5, 5.41) is 0. The highest BCUT2D eigenvalue weighted by Gasteiger charge is 2.33. The van der Waals surface area contributed by atoms with E-state index in [0.29, 0.717) is 12.8 Å². The van der Waals surface area contributed by atoms with Gasteiger partial charge < -0.3 is 4.74 Å². The van der Waals surface area contributed by atoms with E-state index < -0.39 is 11.9 Å². The van der Waals surface area contributed by atoms with Crippen LogP contribution in [0.2, 0.25) is 0 Å². The van der Waals surface area contributed by atoms with Crippen molar-refractivity contribution in [3.05, 3.63) is 30.4 Å². The molecule has 15 heavy (non-hydrogen) atoms. The fourth-order valence-electron chi connectivity index (χ4n) is 0.885. The first-order valence-corrected chi connectivity index (χ1v) is 4.16. The van der Waals surface area contributed by atoms with Crippen LogP contribution in [0.3, 0.4) is 0 Å². The lowest BCUT2D eigenvalue weighted by Gasteiger charge is -2.08. The number of halogens is 3. The molecule has 1 rings (SSSR count). The SMILES string of the molecule is C=C(OCC)c1cncc(C(F)(F)F)n1. The first-order chi connectivity index (χ1) is 6.95. The molecule has 0 radical (unpaired) electrons. The van der Waals surface area contributed by atoms with Crippen LogP contribution in [0.15, 0.2) is 19.0 Å². The Kier molecular flexibility index (Phi) is 3.28. The molecule has 0 aliphatic heterocycles. The van der Waals surface area contributed by atoms with E-state index in [9.17, 15) is 13.2 Å². The molecule has 82 valence electrons. The van der Waals surface area contributed by atoms with Gasteiger partial charge >= 0.3 is 6.18 Å². The molecular formula is C9H9F3N2O. The van der Waals surface area contributed by atoms with Crippen molar-refractivity contribution in [2.24, 2.45) is 0 Å². The summed E-state index contributed by atoms with van der Waals surface area (Å²) in [7, 11) is 0. The number of aromatic nitrogens is 2. The van der Waals surface area contributed by atoms with Gasteiger partial charge in [0.25, 0.3) is 0 Å². The van der Waals surface area contributed by atoms with Crippen LogP contribution in [0.25, 0.3) is 5.76 Å². The third kappa shape index (κ3) is 2.93. The van der Waals surface area contributed by atoms with E-state index in [4.69, 9.17) is 4.74 Å². The molecule has 1 aromatic heterocycles. The molecule has 0 spiro atoms. The fourth-order valence-corrected chi connectivity index (χ4v) is 0.885. The van der Waals surface area contributed by atoms with Crippen molar-refractivity contribution < 1.29 is 17.9 Å². The Morgan fingerprint density at radius 3 is 2.67 bits per heavy atom. The molecule has 6 heteroatoms. The summed E-state index contributed by atoms with van der Waals surface area (Å²) in [6, 6.07) is 0. The monoisotopic (exact) mass is 218 g/mol. The van der Waals surface area contributed by atoms with Crippen molar-refractivity contribution in [3.8, 4) is 0 Å². The normalized spacial score (nSPS) is 11.2. The Labute approximate surface area is 84.6 Å². The topological polar surface area (TPSA) is 35.0 Å². The van der Waals surface area contributed by atoms with Crippen molar-refractivity contribution in [1.29, 1.82) is 0 Å². The van der Waals surface area contributed by atoms with Gasteiger partial charge in [0, 0.05) is 0 Å². The highest BCUT2D eigenvalue weighted by molar-refractivity contribution is 5.52. The average Bonchev–Trinajstić information content (AvgIpc) is 2.17. The fraction of sp³-hybridized carbons (Fsp3) is 0.333. The molecule has 3 nitrogen and oxygen atoms in total. The van der Waals surface area contributed by atoms with Crippen LogP contribution >= 0.6 is 0 Å². The second kappa shape index (κ2) is 4.29. The van der Waals surface area contributed by atoms with E-state index >= 15 is 0 Å². The maximum absolute atomic E-state index is 12.2. The van der Waals surface area contributed by atoms with Gasteiger partial charge in [0.1, 0.15) is 11.5 Å². The van der Waals surface area contributed by atoms with Crippen molar-refractivity contribution in [3.63, 3.8) is 0 Å². The summed E-state index contributed by atoms with van der Waals surface area (Å²) < 4.78 is 41.7. The van der Waals surface area contributed by atoms with Gasteiger partial charge in [-0.05, 0) is 6.92 Å². The molecule has 0 aliphatic carbocycles. The van der Waals surface area contributed by atoms with E-state index in [-0.39, 0.29) is 11.5 Å². The number of nitrogens with zero attached hydrogens (tertiary/aromatic N) is 2. The van der Waals surface area contributed by atoms with Crippen LogP contribution in [-0.4, -0.2) is 16.6 Å². The van der Waals surface area contributed by atoms with Crippen LogP contribution in [0.4, 0.5) is 13.2 Å². The maximum Gasteiger partial charge on any atom is 0.434 e. The number of rotatable bonds is 3. The highest BCUT2D eigenvalue weighted by atomic mass is 19.4. The van der Waals surface area contributed by atoms with Gasteiger partial charge in [-0.3, -0.25) is 4.98 Å². The summed E-state index contributed by atoms with van der Waals surface area (Å²) in [6.45, 7) is 5.46. The standard InChI is InChI=1S/C9H9F3N2O/c1-3-15-6(2)7-4-13-5-8(14-7)9(10,11)12/h4-5H,2-3H2,1H3. The molecule has 0 bridgehead atoms. The summed E-state index contributed by atoms with van der Waals surface area (Å²) in [5.41, 5.74) is -1.06. The van der Waals surface area contributed by atoms with Gasteiger partial charge in [-0.1, -0.05) is 6.58 Å². The lowest BCUT2D eigenvalue weighted by Crippen LogP contribution is -2.10. The smallest absolute Gasteiger partial charge is 0.434 e. The molecule has 1 heterocycles. The minimum absolute atomic E-state index is 0.00771. The number of hydrogen-bond acceptors (Lipinski definition) is 3. The zero-order valence-corrected chi connectivity index (χ0v) is 8.01. The molecule has 0 N–H and O–H groups in total. The third-order valence-electron chi connectivity index (χ3n) is 1.53. The van der Waals surface area contributed by atoms with Crippen LogP contribution in [0, 0.1) is 0 Å². The summed E-state index contributed by atoms with van der Waals surface area (Å²) in [6.07, 6.45) is -2.68. The van der Waals surface area contributed by atoms with E-state index in [0.717, 1.165) is 0 Å². The van der Waals surface area contributed by atoms with Crippen molar-refractivity contribution in [2.45, 2.75) is 13.1 Å². The minimum atomic E-state index is -4.50. The van der Waals surface area contributed by atoms with Gasteiger partial charge in [-0.2, -0.15) is 13.2 Å². The third-order valence-corrected chi connectivity index (χ3v) is 1.53. The molecule has 0 aliphatic rings. The van der Waals surface area contributed by atoms with Gasteiger partial charge in [-0.15, -0.1) is 0 Å². The zero-order valence-electron chi connectivity index (χ0n) is 8.01. The lowest BCUT2D eigenvalue weighted by atomic mass is 10.3. The highest BCUT2D eigenvalue weighted by Crippen LogP contribution is 2.27. The molecule has 0 fully saturated rings. The maximum atomic E-state index is 12.2. The van der Waals surface area contributed by atoms with Crippen molar-refractivity contribution in [2.75, 3.05) is 6.61 Å². The Morgan fingerprint density at radius 1 is 1.47 bits per heavy atom. The first-order valence-electron chi connectivity index (χ1n) is 4.16. The van der Waals surface area contributed by atoms with Crippen molar-refractivity contribution in [1.82, 2.24) is 9.97 Å². The predicted octanol–water partition coefficient (Wildman–Crippen LogP) is 2.50. The molecule has 0 amide bonds. The van der Waals surface area contributed by atoms with E-state index in [2.05, 4.69) is 16.5 Å². The second-order valence-electron chi connectivity index (χ2n) is 2.64. The Bertz CT molecular complexity index is 363. The Hall–Kier alpha value is -1.59. The molecule has 0 aromatic carbocycles. The van der Waals surface area contributed by atoms with E-state index in [1.165, 1.54) is 6.20 Å². The lowest BCUT2D eigenvalue weighted by molar-refractivity contribution is -0.141. The van der Waals surface area contributed by atoms with Gasteiger partial charge in [0.15, 0.2) is 5.69 Å². The average molecular weight is 218 g/mol. The molecule has 0 saturated heterocycles. The van der Waals surface area contributed by atoms with E-state index in [1.54, 1.807) is 6.92 Å². The number of hydrogen-bond donors (Lipinski definition) is 0. The Balaban J connectivity index is 2.98. The summed E-state index contributed by atoms with van der Waals surface area (Å²) >= 11 is 0. The quantitative estimate of drug-likeness (QED) is 0.731. The number of alkyl halides is 3. The van der Waals surface area contributed by atoms with Crippen molar-refractivity contribution >= 4 is 5.76 Å². The van der Waals surface area contributed by atoms with Gasteiger partial charge in [-0.25, -0.2) is 4.98 Å². The van der Waals surface area contributed by atoms with Crippen LogP contribution in [-0.2, 0) is 10.9 Å². The minimum Gasteiger partial charge on any atom is -0.492 e. The van der Waals surface area contributed by atoms with Gasteiger partial charge in [0.05, 0.1) is 19.0 Å². The van der Waals surface area contributed by atoms with E-state index in [1.807, 2.05) is 0 Å². The predicted molar refractivity (Wildman–Crippen MR) is 47.7 cm³/mol. The molecular weight excluding hydrogens is 209 g/mol.